The first-order valence-corrected chi connectivity index (χ1v) is 5.83. The molecular formula is C11H17N3O5. The van der Waals surface area contributed by atoms with Crippen molar-refractivity contribution in [2.24, 2.45) is 5.92 Å². The largest absolute Gasteiger partial charge is 0.434 e. The van der Waals surface area contributed by atoms with Crippen molar-refractivity contribution in [3.63, 3.8) is 0 Å². The number of carbonyl (C=O) groups excluding carboxylic acids is 1. The quantitative estimate of drug-likeness (QED) is 0.541. The average Bonchev–Trinajstić information content (AvgIpc) is 2.76. The summed E-state index contributed by atoms with van der Waals surface area (Å²) >= 11 is 0. The van der Waals surface area contributed by atoms with Crippen LogP contribution in [0.1, 0.15) is 13.8 Å². The molecule has 106 valence electrons. The lowest BCUT2D eigenvalue weighted by atomic mass is 10.1. The van der Waals surface area contributed by atoms with E-state index in [4.69, 9.17) is 4.74 Å². The van der Waals surface area contributed by atoms with Gasteiger partial charge in [0, 0.05) is 5.92 Å². The number of ether oxygens (including phenoxy) is 1. The predicted molar refractivity (Wildman–Crippen MR) is 65.6 cm³/mol. The van der Waals surface area contributed by atoms with Gasteiger partial charge in [0.05, 0.1) is 19.8 Å². The number of imidazole rings is 1. The van der Waals surface area contributed by atoms with Crippen LogP contribution in [-0.2, 0) is 16.1 Å². The molecule has 1 aromatic heterocycles. The molecule has 1 aromatic rings. The van der Waals surface area contributed by atoms with E-state index in [1.807, 2.05) is 0 Å². The summed E-state index contributed by atoms with van der Waals surface area (Å²) in [6.45, 7) is 3.45. The summed E-state index contributed by atoms with van der Waals surface area (Å²) in [5.74, 6) is -0.536. The van der Waals surface area contributed by atoms with Gasteiger partial charge in [-0.1, -0.05) is 11.9 Å². The molecule has 2 unspecified atom stereocenters. The van der Waals surface area contributed by atoms with Gasteiger partial charge < -0.3 is 20.0 Å². The molecular weight excluding hydrogens is 254 g/mol. The molecule has 8 heteroatoms. The molecule has 0 radical (unpaired) electrons. The maximum absolute atomic E-state index is 11.0. The first-order valence-electron chi connectivity index (χ1n) is 5.83. The lowest BCUT2D eigenvalue weighted by Gasteiger charge is -2.12. The zero-order valence-corrected chi connectivity index (χ0v) is 10.9. The van der Waals surface area contributed by atoms with Crippen molar-refractivity contribution in [3.8, 4) is 0 Å². The van der Waals surface area contributed by atoms with E-state index in [0.717, 1.165) is 0 Å². The maximum atomic E-state index is 11.0. The highest BCUT2D eigenvalue weighted by molar-refractivity contribution is 5.77. The number of aromatic nitrogens is 2. The fraction of sp³-hybridized carbons (Fsp3) is 0.636. The van der Waals surface area contributed by atoms with Crippen LogP contribution in [0.25, 0.3) is 0 Å². The van der Waals surface area contributed by atoms with Crippen LogP contribution >= 0.6 is 0 Å². The van der Waals surface area contributed by atoms with Crippen molar-refractivity contribution >= 4 is 11.7 Å². The van der Waals surface area contributed by atoms with E-state index in [1.54, 1.807) is 6.92 Å². The number of nitrogens with zero attached hydrogens (tertiary/aromatic N) is 3. The fourth-order valence-corrected chi connectivity index (χ4v) is 1.39. The number of nitro groups is 1. The van der Waals surface area contributed by atoms with Gasteiger partial charge in [0.25, 0.3) is 0 Å². The SMILES string of the molecule is CC(=O)C(C)COCC(O)Cn1ccnc1[N+](=O)[O-]. The van der Waals surface area contributed by atoms with Gasteiger partial charge in [0.2, 0.25) is 0 Å². The number of Topliss-reactive ketones (excluding diaryl/α,β-unsaturated/α-hetero) is 1. The minimum absolute atomic E-state index is 0.00690. The molecule has 1 heterocycles. The second-order valence-electron chi connectivity index (χ2n) is 4.34. The minimum Gasteiger partial charge on any atom is -0.390 e. The van der Waals surface area contributed by atoms with Crippen LogP contribution in [0.2, 0.25) is 0 Å². The molecule has 8 nitrogen and oxygen atoms in total. The zero-order chi connectivity index (χ0) is 14.4. The first kappa shape index (κ1) is 15.3. The second-order valence-corrected chi connectivity index (χ2v) is 4.34. The molecule has 0 spiro atoms. The Morgan fingerprint density at radius 1 is 1.63 bits per heavy atom. The predicted octanol–water partition coefficient (Wildman–Crippen LogP) is 0.394. The number of aliphatic hydroxyl groups is 1. The number of ketones is 1. The van der Waals surface area contributed by atoms with Crippen LogP contribution in [0.15, 0.2) is 12.4 Å². The highest BCUT2D eigenvalue weighted by Crippen LogP contribution is 2.08. The van der Waals surface area contributed by atoms with E-state index in [1.165, 1.54) is 23.9 Å². The summed E-state index contributed by atoms with van der Waals surface area (Å²) in [4.78, 5) is 24.5. The third-order valence-electron chi connectivity index (χ3n) is 2.64. The van der Waals surface area contributed by atoms with E-state index >= 15 is 0 Å². The number of aliphatic hydroxyl groups excluding tert-OH is 1. The Bertz CT molecular complexity index is 445. The van der Waals surface area contributed by atoms with Crippen molar-refractivity contribution in [1.29, 1.82) is 0 Å². The molecule has 0 saturated heterocycles. The van der Waals surface area contributed by atoms with Gasteiger partial charge in [0.1, 0.15) is 24.3 Å². The van der Waals surface area contributed by atoms with E-state index in [-0.39, 0.29) is 37.4 Å². The van der Waals surface area contributed by atoms with Crippen LogP contribution in [0.4, 0.5) is 5.95 Å². The Hall–Kier alpha value is -1.80. The van der Waals surface area contributed by atoms with Crippen molar-refractivity contribution in [3.05, 3.63) is 22.5 Å². The van der Waals surface area contributed by atoms with Gasteiger partial charge in [-0.2, -0.15) is 0 Å². The van der Waals surface area contributed by atoms with Crippen molar-refractivity contribution < 1.29 is 19.6 Å². The smallest absolute Gasteiger partial charge is 0.390 e. The maximum Gasteiger partial charge on any atom is 0.434 e. The lowest BCUT2D eigenvalue weighted by Crippen LogP contribution is -2.24. The van der Waals surface area contributed by atoms with Crippen LogP contribution in [-0.4, -0.2) is 44.7 Å². The molecule has 0 aromatic carbocycles. The van der Waals surface area contributed by atoms with Crippen LogP contribution < -0.4 is 0 Å². The number of hydrogen-bond donors (Lipinski definition) is 1. The molecule has 1 rings (SSSR count). The van der Waals surface area contributed by atoms with Gasteiger partial charge >= 0.3 is 5.95 Å². The summed E-state index contributed by atoms with van der Waals surface area (Å²) in [5, 5.41) is 20.3. The molecule has 0 saturated carbocycles. The number of rotatable bonds is 8. The molecule has 0 aliphatic heterocycles. The highest BCUT2D eigenvalue weighted by Gasteiger charge is 2.18. The summed E-state index contributed by atoms with van der Waals surface area (Å²) in [5.41, 5.74) is 0. The van der Waals surface area contributed by atoms with Gasteiger partial charge in [-0.25, -0.2) is 4.57 Å². The summed E-state index contributed by atoms with van der Waals surface area (Å²) in [6, 6.07) is 0. The second kappa shape index (κ2) is 6.95. The number of hydrogen-bond acceptors (Lipinski definition) is 6. The van der Waals surface area contributed by atoms with E-state index < -0.39 is 11.0 Å². The summed E-state index contributed by atoms with van der Waals surface area (Å²) < 4.78 is 6.43. The van der Waals surface area contributed by atoms with Crippen molar-refractivity contribution in [2.45, 2.75) is 26.5 Å². The minimum atomic E-state index is -0.896. The Morgan fingerprint density at radius 3 is 2.89 bits per heavy atom. The van der Waals surface area contributed by atoms with Crippen LogP contribution in [0.5, 0.6) is 0 Å². The molecule has 0 aliphatic carbocycles. The Balaban J connectivity index is 2.39. The molecule has 0 amide bonds. The van der Waals surface area contributed by atoms with E-state index in [2.05, 4.69) is 4.98 Å². The van der Waals surface area contributed by atoms with Crippen molar-refractivity contribution in [1.82, 2.24) is 9.55 Å². The molecule has 2 atom stereocenters. The third kappa shape index (κ3) is 4.76. The molecule has 0 fully saturated rings. The van der Waals surface area contributed by atoms with Crippen molar-refractivity contribution in [2.75, 3.05) is 13.2 Å². The molecule has 0 aliphatic rings. The Kier molecular flexibility index (Phi) is 5.58. The monoisotopic (exact) mass is 271 g/mol. The number of carbonyl (C=O) groups is 1. The lowest BCUT2D eigenvalue weighted by molar-refractivity contribution is -0.397. The van der Waals surface area contributed by atoms with E-state index in [9.17, 15) is 20.0 Å². The highest BCUT2D eigenvalue weighted by atomic mass is 16.6. The van der Waals surface area contributed by atoms with E-state index in [0.29, 0.717) is 0 Å². The van der Waals surface area contributed by atoms with Crippen LogP contribution in [0.3, 0.4) is 0 Å². The van der Waals surface area contributed by atoms with Gasteiger partial charge in [0.15, 0.2) is 0 Å². The Labute approximate surface area is 110 Å². The standard InChI is InChI=1S/C11H17N3O5/c1-8(9(2)15)6-19-7-10(16)5-13-4-3-12-11(13)14(17)18/h3-4,8,10,16H,5-7H2,1-2H3. The first-order chi connectivity index (χ1) is 8.91. The van der Waals surface area contributed by atoms with Gasteiger partial charge in [-0.15, -0.1) is 0 Å². The topological polar surface area (TPSA) is 107 Å². The zero-order valence-electron chi connectivity index (χ0n) is 10.9. The Morgan fingerprint density at radius 2 is 2.32 bits per heavy atom. The fourth-order valence-electron chi connectivity index (χ4n) is 1.39. The average molecular weight is 271 g/mol. The molecule has 1 N–H and O–H groups in total. The third-order valence-corrected chi connectivity index (χ3v) is 2.64. The summed E-state index contributed by atoms with van der Waals surface area (Å²) in [7, 11) is 0. The molecule has 19 heavy (non-hydrogen) atoms. The summed E-state index contributed by atoms with van der Waals surface area (Å²) in [6.07, 6.45) is 1.82. The van der Waals surface area contributed by atoms with Gasteiger partial charge in [-0.05, 0) is 11.8 Å². The van der Waals surface area contributed by atoms with Crippen LogP contribution in [0, 0.1) is 16.0 Å². The van der Waals surface area contributed by atoms with Gasteiger partial charge in [-0.3, -0.25) is 4.79 Å². The molecule has 0 bridgehead atoms. The normalized spacial score (nSPS) is 14.1.